The van der Waals surface area contributed by atoms with Gasteiger partial charge in [0.15, 0.2) is 5.75 Å². The number of rotatable bonds is 8. The Balaban J connectivity index is 1.49. The number of ether oxygens (including phenoxy) is 1. The Bertz CT molecular complexity index is 2210. The normalized spacial score (nSPS) is 14.6. The van der Waals surface area contributed by atoms with Crippen molar-refractivity contribution in [2.75, 3.05) is 4.31 Å². The average Bonchev–Trinajstić information content (AvgIpc) is 3.58. The van der Waals surface area contributed by atoms with E-state index in [4.69, 9.17) is 9.15 Å². The molecule has 0 bridgehead atoms. The number of fused-ring (bicyclic) bond motifs is 2. The molecule has 6 rings (SSSR count). The Morgan fingerprint density at radius 1 is 0.844 bits per heavy atom. The number of benzene rings is 4. The van der Waals surface area contributed by atoms with Gasteiger partial charge in [-0.25, -0.2) is 4.55 Å². The van der Waals surface area contributed by atoms with Gasteiger partial charge < -0.3 is 9.15 Å². The molecule has 2 N–H and O–H groups in total. The lowest BCUT2D eigenvalue weighted by Gasteiger charge is -2.14. The maximum atomic E-state index is 12.8. The van der Waals surface area contributed by atoms with E-state index in [0.29, 0.717) is 27.4 Å². The summed E-state index contributed by atoms with van der Waals surface area (Å²) in [5, 5.41) is 0. The van der Waals surface area contributed by atoms with Crippen molar-refractivity contribution >= 4 is 43.5 Å². The molecule has 1 aromatic heterocycles. The molecule has 10 nitrogen and oxygen atoms in total. The molecule has 2 heterocycles. The van der Waals surface area contributed by atoms with Crippen molar-refractivity contribution in [3.05, 3.63) is 120 Å². The number of hydrogen-bond donors (Lipinski definition) is 2. The molecule has 0 atom stereocenters. The standard InChI is InChI=1S/C33H28N2O8S2/c1-3-22(19-31-34(44(36,37)38)28-21-25(15-17-29(28)42-31)23-11-7-5-8-12-23)20-32-35(45(39,40)41)33-26(4-2)27(16-18-30(33)43-32)24-13-9-6-10-14-24/h5-21H,3-4H2,1-2H3,(H-,36,37,38,39,40,41)/p+1. The first kappa shape index (κ1) is 30.3. The van der Waals surface area contributed by atoms with Crippen LogP contribution in [-0.2, 0) is 27.0 Å². The first-order chi connectivity index (χ1) is 21.5. The molecule has 0 aliphatic carbocycles. The summed E-state index contributed by atoms with van der Waals surface area (Å²) in [5.41, 5.74) is 4.76. The van der Waals surface area contributed by atoms with Crippen molar-refractivity contribution in [2.24, 2.45) is 0 Å². The minimum atomic E-state index is -4.86. The minimum Gasteiger partial charge on any atom is -0.437 e. The fourth-order valence-electron chi connectivity index (χ4n) is 5.48. The Morgan fingerprint density at radius 3 is 2.11 bits per heavy atom. The highest BCUT2D eigenvalue weighted by Crippen LogP contribution is 2.43. The molecule has 5 aromatic rings. The van der Waals surface area contributed by atoms with E-state index in [9.17, 15) is 25.9 Å². The van der Waals surface area contributed by atoms with Crippen LogP contribution in [0.15, 0.2) is 113 Å². The zero-order valence-corrected chi connectivity index (χ0v) is 25.9. The van der Waals surface area contributed by atoms with Gasteiger partial charge in [0.05, 0.1) is 6.08 Å². The van der Waals surface area contributed by atoms with Gasteiger partial charge in [0.2, 0.25) is 11.5 Å². The molecular weight excluding hydrogens is 617 g/mol. The largest absolute Gasteiger partial charge is 0.515 e. The second-order valence-electron chi connectivity index (χ2n) is 10.3. The van der Waals surface area contributed by atoms with E-state index in [0.717, 1.165) is 20.7 Å². The summed E-state index contributed by atoms with van der Waals surface area (Å²) in [6.07, 6.45) is 3.46. The Labute approximate surface area is 260 Å². The molecule has 0 saturated heterocycles. The van der Waals surface area contributed by atoms with Crippen LogP contribution < -0.4 is 13.0 Å². The van der Waals surface area contributed by atoms with Crippen LogP contribution in [0.5, 0.6) is 5.75 Å². The number of oxazole rings is 1. The zero-order valence-electron chi connectivity index (χ0n) is 24.3. The predicted octanol–water partition coefficient (Wildman–Crippen LogP) is 6.60. The topological polar surface area (TPSA) is 138 Å². The van der Waals surface area contributed by atoms with E-state index < -0.39 is 20.6 Å². The summed E-state index contributed by atoms with van der Waals surface area (Å²) in [6, 6.07) is 27.2. The van der Waals surface area contributed by atoms with E-state index in [1.54, 1.807) is 31.2 Å². The number of aromatic nitrogens is 1. The number of allylic oxidation sites excluding steroid dienone is 2. The van der Waals surface area contributed by atoms with Crippen LogP contribution in [0.4, 0.5) is 5.69 Å². The third kappa shape index (κ3) is 5.76. The van der Waals surface area contributed by atoms with Crippen molar-refractivity contribution in [3.8, 4) is 28.0 Å². The second-order valence-corrected chi connectivity index (χ2v) is 12.8. The van der Waals surface area contributed by atoms with E-state index in [1.807, 2.05) is 73.7 Å². The first-order valence-electron chi connectivity index (χ1n) is 14.1. The molecule has 12 heteroatoms. The lowest BCUT2D eigenvalue weighted by atomic mass is 9.97. The molecule has 0 spiro atoms. The summed E-state index contributed by atoms with van der Waals surface area (Å²) in [5.74, 6) is -0.228. The molecule has 1 aliphatic rings. The zero-order chi connectivity index (χ0) is 31.9. The molecule has 0 amide bonds. The van der Waals surface area contributed by atoms with Crippen LogP contribution in [0.25, 0.3) is 39.4 Å². The van der Waals surface area contributed by atoms with Gasteiger partial charge in [0, 0.05) is 11.6 Å². The van der Waals surface area contributed by atoms with Gasteiger partial charge in [0.1, 0.15) is 5.69 Å². The quantitative estimate of drug-likeness (QED) is 0.142. The Hall–Kier alpha value is -4.75. The molecule has 0 saturated carbocycles. The van der Waals surface area contributed by atoms with E-state index in [2.05, 4.69) is 0 Å². The third-order valence-corrected chi connectivity index (χ3v) is 9.15. The predicted molar refractivity (Wildman–Crippen MR) is 171 cm³/mol. The number of aryl methyl sites for hydroxylation is 1. The van der Waals surface area contributed by atoms with E-state index in [1.165, 1.54) is 12.2 Å². The van der Waals surface area contributed by atoms with Crippen molar-refractivity contribution in [1.82, 2.24) is 0 Å². The van der Waals surface area contributed by atoms with Crippen LogP contribution >= 0.6 is 0 Å². The summed E-state index contributed by atoms with van der Waals surface area (Å²) in [7, 11) is -9.69. The third-order valence-electron chi connectivity index (χ3n) is 7.49. The fourth-order valence-corrected chi connectivity index (χ4v) is 6.94. The average molecular weight is 646 g/mol. The highest BCUT2D eigenvalue weighted by molar-refractivity contribution is 7.87. The molecule has 0 fully saturated rings. The van der Waals surface area contributed by atoms with Crippen molar-refractivity contribution in [1.29, 1.82) is 0 Å². The summed E-state index contributed by atoms with van der Waals surface area (Å²) in [6.45, 7) is 3.64. The molecule has 0 unspecified atom stereocenters. The lowest BCUT2D eigenvalue weighted by Crippen LogP contribution is -2.44. The van der Waals surface area contributed by atoms with E-state index in [-0.39, 0.29) is 40.7 Å². The van der Waals surface area contributed by atoms with Gasteiger partial charge in [-0.2, -0.15) is 12.7 Å². The summed E-state index contributed by atoms with van der Waals surface area (Å²) >= 11 is 0. The van der Waals surface area contributed by atoms with E-state index >= 15 is 0 Å². The molecular formula is C33H29N2O8S2+. The van der Waals surface area contributed by atoms with Gasteiger partial charge >= 0.3 is 26.5 Å². The van der Waals surface area contributed by atoms with Gasteiger partial charge in [-0.05, 0) is 68.9 Å². The second kappa shape index (κ2) is 11.6. The Morgan fingerprint density at radius 2 is 1.51 bits per heavy atom. The van der Waals surface area contributed by atoms with Crippen molar-refractivity contribution < 1.29 is 39.1 Å². The van der Waals surface area contributed by atoms with Crippen LogP contribution in [-0.4, -0.2) is 25.9 Å². The van der Waals surface area contributed by atoms with Crippen LogP contribution in [0.2, 0.25) is 0 Å². The van der Waals surface area contributed by atoms with Gasteiger partial charge in [0.25, 0.3) is 5.52 Å². The highest BCUT2D eigenvalue weighted by atomic mass is 32.2. The Kier molecular flexibility index (Phi) is 7.83. The first-order valence-corrected chi connectivity index (χ1v) is 16.9. The molecule has 1 aliphatic heterocycles. The highest BCUT2D eigenvalue weighted by Gasteiger charge is 2.37. The summed E-state index contributed by atoms with van der Waals surface area (Å²) in [4.78, 5) is 0. The molecule has 4 aromatic carbocycles. The van der Waals surface area contributed by atoms with Crippen molar-refractivity contribution in [3.63, 3.8) is 0 Å². The molecule has 45 heavy (non-hydrogen) atoms. The number of anilines is 1. The monoisotopic (exact) mass is 645 g/mol. The fraction of sp³-hybridized carbons (Fsp3) is 0.121. The lowest BCUT2D eigenvalue weighted by molar-refractivity contribution is -0.499. The van der Waals surface area contributed by atoms with Crippen LogP contribution in [0, 0.1) is 0 Å². The SMILES string of the molecule is CCC(=Cc1oc2ccc(-c3ccccc3)c(CC)c2[n+]1S(=O)(=O)O)C=C1Oc2ccc(-c3ccccc3)cc2N1S(=O)(=O)O. The van der Waals surface area contributed by atoms with Gasteiger partial charge in [-0.15, -0.1) is 8.42 Å². The smallest absolute Gasteiger partial charge is 0.437 e. The summed E-state index contributed by atoms with van der Waals surface area (Å²) < 4.78 is 84.7. The van der Waals surface area contributed by atoms with Gasteiger partial charge in [-0.1, -0.05) is 80.6 Å². The molecule has 230 valence electrons. The van der Waals surface area contributed by atoms with Gasteiger partial charge in [-0.3, -0.25) is 4.55 Å². The van der Waals surface area contributed by atoms with Crippen LogP contribution in [0.1, 0.15) is 31.7 Å². The maximum absolute atomic E-state index is 12.8. The number of nitrogens with zero attached hydrogens (tertiary/aromatic N) is 2. The minimum absolute atomic E-state index is 0.110. The molecule has 0 radical (unpaired) electrons. The number of hydrogen-bond acceptors (Lipinski definition) is 6. The maximum Gasteiger partial charge on any atom is 0.515 e. The van der Waals surface area contributed by atoms with Crippen LogP contribution in [0.3, 0.4) is 0 Å². The van der Waals surface area contributed by atoms with Crippen molar-refractivity contribution in [2.45, 2.75) is 26.7 Å².